The van der Waals surface area contributed by atoms with Crippen molar-refractivity contribution in [2.24, 2.45) is 5.18 Å². The van der Waals surface area contributed by atoms with Crippen LogP contribution in [0, 0.1) is 4.91 Å². The van der Waals surface area contributed by atoms with Gasteiger partial charge in [0.05, 0.1) is 0 Å². The first-order chi connectivity index (χ1) is 4.72. The van der Waals surface area contributed by atoms with Crippen molar-refractivity contribution in [1.29, 1.82) is 0 Å². The van der Waals surface area contributed by atoms with Gasteiger partial charge in [0.15, 0.2) is 6.04 Å². The second-order valence-corrected chi connectivity index (χ2v) is 1.74. The summed E-state index contributed by atoms with van der Waals surface area (Å²) in [5.41, 5.74) is 0. The van der Waals surface area contributed by atoms with Gasteiger partial charge in [0, 0.05) is 20.1 Å². The molecule has 0 rings (SSSR count). The molecule has 0 bridgehead atoms. The molecule has 0 amide bonds. The number of carboxylic acid groups (broad SMARTS) is 1. The Morgan fingerprint density at radius 1 is 1.80 bits per heavy atom. The molecule has 5 nitrogen and oxygen atoms in total. The molecule has 0 aliphatic rings. The van der Waals surface area contributed by atoms with Crippen molar-refractivity contribution in [3.63, 3.8) is 0 Å². The molecule has 10 heavy (non-hydrogen) atoms. The predicted octanol–water partition coefficient (Wildman–Crippen LogP) is 0.243. The number of rotatable bonds is 5. The number of ether oxygens (including phenoxy) is 1. The van der Waals surface area contributed by atoms with Crippen LogP contribution in [-0.2, 0) is 9.53 Å². The molecular weight excluding hydrogens is 138 g/mol. The monoisotopic (exact) mass is 147 g/mol. The minimum atomic E-state index is -1.20. The van der Waals surface area contributed by atoms with E-state index in [2.05, 4.69) is 9.91 Å². The van der Waals surface area contributed by atoms with Gasteiger partial charge in [-0.25, -0.2) is 4.79 Å². The summed E-state index contributed by atoms with van der Waals surface area (Å²) in [6.07, 6.45) is 0.134. The molecule has 0 fully saturated rings. The first-order valence-electron chi connectivity index (χ1n) is 2.76. The molecule has 5 heteroatoms. The summed E-state index contributed by atoms with van der Waals surface area (Å²) in [5, 5.41) is 10.6. The minimum Gasteiger partial charge on any atom is -0.480 e. The molecule has 0 spiro atoms. The maximum atomic E-state index is 10.1. The molecule has 1 N–H and O–H groups in total. The molecule has 0 saturated heterocycles. The smallest absolute Gasteiger partial charge is 0.332 e. The lowest BCUT2D eigenvalue weighted by Gasteiger charge is -2.00. The van der Waals surface area contributed by atoms with Gasteiger partial charge in [0.2, 0.25) is 0 Å². The Hall–Kier alpha value is -0.970. The highest BCUT2D eigenvalue weighted by Gasteiger charge is 2.16. The highest BCUT2D eigenvalue weighted by Crippen LogP contribution is 1.96. The van der Waals surface area contributed by atoms with E-state index in [1.54, 1.807) is 0 Å². The highest BCUT2D eigenvalue weighted by molar-refractivity contribution is 5.73. The number of methoxy groups -OCH3 is 1. The molecule has 0 aliphatic heterocycles. The van der Waals surface area contributed by atoms with Crippen LogP contribution >= 0.6 is 0 Å². The summed E-state index contributed by atoms with van der Waals surface area (Å²) in [5.74, 6) is -1.20. The van der Waals surface area contributed by atoms with Gasteiger partial charge in [0.25, 0.3) is 0 Å². The van der Waals surface area contributed by atoms with E-state index in [9.17, 15) is 9.70 Å². The van der Waals surface area contributed by atoms with Gasteiger partial charge in [-0.2, -0.15) is 0 Å². The van der Waals surface area contributed by atoms with Crippen molar-refractivity contribution >= 4 is 5.97 Å². The van der Waals surface area contributed by atoms with Gasteiger partial charge < -0.3 is 9.84 Å². The first kappa shape index (κ1) is 9.03. The Balaban J connectivity index is 3.60. The standard InChI is InChI=1S/C5H9NO4/c1-10-3-2-4(6-9)5(7)8/h4H,2-3H2,1H3,(H,7,8)/t4-/m0/s1. The number of carboxylic acids is 1. The van der Waals surface area contributed by atoms with Crippen LogP contribution in [0.2, 0.25) is 0 Å². The average Bonchev–Trinajstić information content (AvgIpc) is 1.89. The summed E-state index contributed by atoms with van der Waals surface area (Å²) < 4.78 is 4.56. The fourth-order valence-electron chi connectivity index (χ4n) is 0.451. The molecule has 0 saturated carbocycles. The zero-order valence-electron chi connectivity index (χ0n) is 5.61. The van der Waals surface area contributed by atoms with Gasteiger partial charge in [0.1, 0.15) is 0 Å². The Kier molecular flexibility index (Phi) is 4.39. The number of nitrogens with zero attached hydrogens (tertiary/aromatic N) is 1. The fourth-order valence-corrected chi connectivity index (χ4v) is 0.451. The van der Waals surface area contributed by atoms with E-state index in [0.717, 1.165) is 0 Å². The molecule has 58 valence electrons. The van der Waals surface area contributed by atoms with Crippen LogP contribution in [0.3, 0.4) is 0 Å². The van der Waals surface area contributed by atoms with Gasteiger partial charge in [-0.3, -0.25) is 0 Å². The van der Waals surface area contributed by atoms with Crippen molar-refractivity contribution in [2.75, 3.05) is 13.7 Å². The van der Waals surface area contributed by atoms with E-state index in [1.807, 2.05) is 0 Å². The van der Waals surface area contributed by atoms with Crippen molar-refractivity contribution in [3.8, 4) is 0 Å². The van der Waals surface area contributed by atoms with Crippen LogP contribution in [0.4, 0.5) is 0 Å². The third-order valence-corrected chi connectivity index (χ3v) is 1.01. The van der Waals surface area contributed by atoms with E-state index in [-0.39, 0.29) is 13.0 Å². The second-order valence-electron chi connectivity index (χ2n) is 1.74. The van der Waals surface area contributed by atoms with E-state index in [4.69, 9.17) is 5.11 Å². The predicted molar refractivity (Wildman–Crippen MR) is 33.7 cm³/mol. The van der Waals surface area contributed by atoms with E-state index < -0.39 is 12.0 Å². The Bertz CT molecular complexity index is 125. The molecule has 0 aliphatic carbocycles. The normalized spacial score (nSPS) is 12.5. The molecule has 0 radical (unpaired) electrons. The van der Waals surface area contributed by atoms with Crippen LogP contribution in [0.1, 0.15) is 6.42 Å². The number of nitroso groups, excluding NO2 is 1. The van der Waals surface area contributed by atoms with Gasteiger partial charge in [-0.15, -0.1) is 4.91 Å². The van der Waals surface area contributed by atoms with E-state index >= 15 is 0 Å². The van der Waals surface area contributed by atoms with Gasteiger partial charge in [-0.1, -0.05) is 5.18 Å². The summed E-state index contributed by atoms with van der Waals surface area (Å²) in [6.45, 7) is 0.239. The van der Waals surface area contributed by atoms with Crippen LogP contribution in [0.25, 0.3) is 0 Å². The zero-order valence-corrected chi connectivity index (χ0v) is 5.61. The molecule has 0 unspecified atom stereocenters. The molecule has 0 heterocycles. The lowest BCUT2D eigenvalue weighted by Crippen LogP contribution is -2.18. The first-order valence-corrected chi connectivity index (χ1v) is 2.76. The largest absolute Gasteiger partial charge is 0.480 e. The topological polar surface area (TPSA) is 76.0 Å². The second kappa shape index (κ2) is 4.87. The Labute approximate surface area is 58.0 Å². The minimum absolute atomic E-state index is 0.134. The van der Waals surface area contributed by atoms with Gasteiger partial charge >= 0.3 is 5.97 Å². The van der Waals surface area contributed by atoms with Crippen molar-refractivity contribution in [1.82, 2.24) is 0 Å². The van der Waals surface area contributed by atoms with Gasteiger partial charge in [-0.05, 0) is 0 Å². The summed E-state index contributed by atoms with van der Waals surface area (Å²) in [6, 6.07) is -1.17. The van der Waals surface area contributed by atoms with Crippen molar-refractivity contribution in [3.05, 3.63) is 4.91 Å². The number of hydrogen-bond acceptors (Lipinski definition) is 4. The van der Waals surface area contributed by atoms with Crippen LogP contribution in [-0.4, -0.2) is 30.8 Å². The molecule has 1 atom stereocenters. The lowest BCUT2D eigenvalue weighted by atomic mass is 10.2. The number of hydrogen-bond donors (Lipinski definition) is 1. The quantitative estimate of drug-likeness (QED) is 0.565. The number of carbonyl (C=O) groups is 1. The van der Waals surface area contributed by atoms with Crippen LogP contribution < -0.4 is 0 Å². The Morgan fingerprint density at radius 2 is 2.40 bits per heavy atom. The Morgan fingerprint density at radius 3 is 2.70 bits per heavy atom. The average molecular weight is 147 g/mol. The molecular formula is C5H9NO4. The number of aliphatic carboxylic acids is 1. The maximum Gasteiger partial charge on any atom is 0.332 e. The molecule has 0 aromatic carbocycles. The SMILES string of the molecule is COCC[C@H](N=O)C(=O)O. The van der Waals surface area contributed by atoms with Crippen LogP contribution in [0.15, 0.2) is 5.18 Å². The summed E-state index contributed by atoms with van der Waals surface area (Å²) >= 11 is 0. The third-order valence-electron chi connectivity index (χ3n) is 1.01. The zero-order chi connectivity index (χ0) is 7.98. The lowest BCUT2D eigenvalue weighted by molar-refractivity contribution is -0.138. The molecule has 0 aromatic heterocycles. The van der Waals surface area contributed by atoms with Crippen molar-refractivity contribution < 1.29 is 14.6 Å². The van der Waals surface area contributed by atoms with Crippen LogP contribution in [0.5, 0.6) is 0 Å². The summed E-state index contributed by atoms with van der Waals surface area (Å²) in [4.78, 5) is 19.9. The maximum absolute atomic E-state index is 10.1. The summed E-state index contributed by atoms with van der Waals surface area (Å²) in [7, 11) is 1.43. The van der Waals surface area contributed by atoms with E-state index in [0.29, 0.717) is 0 Å². The highest BCUT2D eigenvalue weighted by atomic mass is 16.5. The fraction of sp³-hybridized carbons (Fsp3) is 0.800. The third kappa shape index (κ3) is 3.13. The van der Waals surface area contributed by atoms with Crippen molar-refractivity contribution in [2.45, 2.75) is 12.5 Å². The molecule has 0 aromatic rings. The van der Waals surface area contributed by atoms with E-state index in [1.165, 1.54) is 7.11 Å².